The molecule has 0 aliphatic heterocycles. The molecule has 1 aromatic heterocycles. The van der Waals surface area contributed by atoms with Gasteiger partial charge in [-0.25, -0.2) is 9.37 Å². The van der Waals surface area contributed by atoms with E-state index in [0.29, 0.717) is 36.5 Å². The van der Waals surface area contributed by atoms with Gasteiger partial charge in [0.2, 0.25) is 5.91 Å². The number of nitrogens with zero attached hydrogens (tertiary/aromatic N) is 2. The van der Waals surface area contributed by atoms with Gasteiger partial charge in [-0.1, -0.05) is 54.1 Å². The van der Waals surface area contributed by atoms with E-state index >= 15 is 0 Å². The van der Waals surface area contributed by atoms with Crippen molar-refractivity contribution < 1.29 is 9.18 Å². The van der Waals surface area contributed by atoms with Crippen LogP contribution in [-0.2, 0) is 24.2 Å². The second kappa shape index (κ2) is 9.96. The van der Waals surface area contributed by atoms with Crippen LogP contribution >= 0.6 is 11.6 Å². The fourth-order valence-corrected chi connectivity index (χ4v) is 4.08. The number of amides is 1. The summed E-state index contributed by atoms with van der Waals surface area (Å²) < 4.78 is 16.4. The number of nitrogens with one attached hydrogen (secondary N) is 1. The SMILES string of the molecule is Cc1ccccc1CC(=O)NCCCc1nc2ccccc2n1Cc1c(F)cccc1Cl. The lowest BCUT2D eigenvalue weighted by atomic mass is 10.1. The number of para-hydroxylation sites is 2. The third kappa shape index (κ3) is 5.00. The zero-order valence-corrected chi connectivity index (χ0v) is 18.7. The number of carbonyl (C=O) groups is 1. The van der Waals surface area contributed by atoms with Crippen molar-refractivity contribution in [1.82, 2.24) is 14.9 Å². The first-order valence-corrected chi connectivity index (χ1v) is 11.1. The number of aryl methyl sites for hydroxylation is 2. The maximum Gasteiger partial charge on any atom is 0.224 e. The molecule has 32 heavy (non-hydrogen) atoms. The lowest BCUT2D eigenvalue weighted by Gasteiger charge is -2.12. The van der Waals surface area contributed by atoms with Crippen molar-refractivity contribution >= 4 is 28.5 Å². The molecule has 4 aromatic rings. The van der Waals surface area contributed by atoms with E-state index in [4.69, 9.17) is 16.6 Å². The molecule has 0 aliphatic carbocycles. The highest BCUT2D eigenvalue weighted by molar-refractivity contribution is 6.31. The smallest absolute Gasteiger partial charge is 0.224 e. The first-order chi connectivity index (χ1) is 15.5. The third-order valence-corrected chi connectivity index (χ3v) is 5.98. The van der Waals surface area contributed by atoms with Gasteiger partial charge < -0.3 is 9.88 Å². The van der Waals surface area contributed by atoms with Gasteiger partial charge >= 0.3 is 0 Å². The number of imidazole rings is 1. The summed E-state index contributed by atoms with van der Waals surface area (Å²) in [6.07, 6.45) is 1.76. The van der Waals surface area contributed by atoms with Gasteiger partial charge in [0, 0.05) is 23.6 Å². The largest absolute Gasteiger partial charge is 0.356 e. The molecule has 0 fully saturated rings. The fourth-order valence-electron chi connectivity index (χ4n) is 3.85. The molecule has 1 amide bonds. The maximum atomic E-state index is 14.4. The molecule has 0 spiro atoms. The molecule has 4 rings (SSSR count). The molecule has 0 radical (unpaired) electrons. The van der Waals surface area contributed by atoms with Crippen molar-refractivity contribution in [2.45, 2.75) is 32.7 Å². The number of halogens is 2. The number of hydrogen-bond donors (Lipinski definition) is 1. The summed E-state index contributed by atoms with van der Waals surface area (Å²) >= 11 is 6.27. The van der Waals surface area contributed by atoms with Gasteiger partial charge in [-0.15, -0.1) is 0 Å². The normalized spacial score (nSPS) is 11.1. The topological polar surface area (TPSA) is 46.9 Å². The van der Waals surface area contributed by atoms with E-state index in [0.717, 1.165) is 34.4 Å². The van der Waals surface area contributed by atoms with Crippen LogP contribution in [0.3, 0.4) is 0 Å². The van der Waals surface area contributed by atoms with Crippen LogP contribution in [0.25, 0.3) is 11.0 Å². The van der Waals surface area contributed by atoms with E-state index in [1.807, 2.05) is 60.0 Å². The molecule has 4 nitrogen and oxygen atoms in total. The molecule has 0 saturated heterocycles. The Hall–Kier alpha value is -3.18. The molecule has 0 aliphatic rings. The number of aromatic nitrogens is 2. The second-order valence-electron chi connectivity index (χ2n) is 7.86. The molecule has 164 valence electrons. The van der Waals surface area contributed by atoms with E-state index in [9.17, 15) is 9.18 Å². The predicted molar refractivity (Wildman–Crippen MR) is 126 cm³/mol. The predicted octanol–water partition coefficient (Wildman–Crippen LogP) is 5.48. The van der Waals surface area contributed by atoms with Crippen LogP contribution in [0.2, 0.25) is 5.02 Å². The molecule has 0 unspecified atom stereocenters. The molecular formula is C26H25ClFN3O. The highest BCUT2D eigenvalue weighted by Crippen LogP contribution is 2.24. The first-order valence-electron chi connectivity index (χ1n) is 10.7. The molecule has 0 saturated carbocycles. The van der Waals surface area contributed by atoms with Crippen molar-refractivity contribution in [2.24, 2.45) is 0 Å². The van der Waals surface area contributed by atoms with Crippen molar-refractivity contribution in [3.8, 4) is 0 Å². The molecule has 1 heterocycles. The lowest BCUT2D eigenvalue weighted by Crippen LogP contribution is -2.26. The van der Waals surface area contributed by atoms with Crippen molar-refractivity contribution in [2.75, 3.05) is 6.54 Å². The summed E-state index contributed by atoms with van der Waals surface area (Å²) in [5.41, 5.74) is 4.39. The van der Waals surface area contributed by atoms with Crippen LogP contribution in [0.15, 0.2) is 66.7 Å². The van der Waals surface area contributed by atoms with Crippen molar-refractivity contribution in [3.05, 3.63) is 100 Å². The first kappa shape index (κ1) is 22.0. The summed E-state index contributed by atoms with van der Waals surface area (Å²) in [4.78, 5) is 17.1. The summed E-state index contributed by atoms with van der Waals surface area (Å²) in [5, 5.41) is 3.39. The Morgan fingerprint density at radius 3 is 2.66 bits per heavy atom. The van der Waals surface area contributed by atoms with Crippen LogP contribution < -0.4 is 5.32 Å². The lowest BCUT2D eigenvalue weighted by molar-refractivity contribution is -0.120. The Morgan fingerprint density at radius 1 is 1.06 bits per heavy atom. The Labute approximate surface area is 192 Å². The Kier molecular flexibility index (Phi) is 6.86. The number of benzene rings is 3. The summed E-state index contributed by atoms with van der Waals surface area (Å²) in [5.74, 6) is 0.523. The monoisotopic (exact) mass is 449 g/mol. The van der Waals surface area contributed by atoms with E-state index in [1.54, 1.807) is 12.1 Å². The molecule has 3 aromatic carbocycles. The van der Waals surface area contributed by atoms with Gasteiger partial charge in [0.05, 0.1) is 24.0 Å². The van der Waals surface area contributed by atoms with Crippen LogP contribution in [0, 0.1) is 12.7 Å². The van der Waals surface area contributed by atoms with Gasteiger partial charge in [-0.3, -0.25) is 4.79 Å². The summed E-state index contributed by atoms with van der Waals surface area (Å²) in [6.45, 7) is 2.87. The van der Waals surface area contributed by atoms with Crippen LogP contribution in [-0.4, -0.2) is 22.0 Å². The van der Waals surface area contributed by atoms with Gasteiger partial charge in [0.15, 0.2) is 0 Å². The van der Waals surface area contributed by atoms with Crippen LogP contribution in [0.1, 0.15) is 28.9 Å². The number of carbonyl (C=O) groups excluding carboxylic acids is 1. The molecular weight excluding hydrogens is 425 g/mol. The third-order valence-electron chi connectivity index (χ3n) is 5.62. The minimum Gasteiger partial charge on any atom is -0.356 e. The minimum atomic E-state index is -0.329. The zero-order chi connectivity index (χ0) is 22.5. The average molecular weight is 450 g/mol. The van der Waals surface area contributed by atoms with E-state index in [-0.39, 0.29) is 11.7 Å². The zero-order valence-electron chi connectivity index (χ0n) is 17.9. The summed E-state index contributed by atoms with van der Waals surface area (Å²) in [7, 11) is 0. The fraction of sp³-hybridized carbons (Fsp3) is 0.231. The van der Waals surface area contributed by atoms with Crippen LogP contribution in [0.4, 0.5) is 4.39 Å². The second-order valence-corrected chi connectivity index (χ2v) is 8.27. The van der Waals surface area contributed by atoms with E-state index in [2.05, 4.69) is 5.32 Å². The number of rotatable bonds is 8. The standard InChI is InChI=1S/C26H25ClFN3O/c1-18-8-2-3-9-19(18)16-26(32)29-15-7-14-25-30-23-12-4-5-13-24(23)31(25)17-20-21(27)10-6-11-22(20)28/h2-6,8-13H,7,14-17H2,1H3,(H,29,32). The van der Waals surface area contributed by atoms with Crippen molar-refractivity contribution in [1.29, 1.82) is 0 Å². The highest BCUT2D eigenvalue weighted by Gasteiger charge is 2.15. The minimum absolute atomic E-state index is 0.00550. The Morgan fingerprint density at radius 2 is 1.84 bits per heavy atom. The van der Waals surface area contributed by atoms with Gasteiger partial charge in [0.25, 0.3) is 0 Å². The molecule has 0 bridgehead atoms. The van der Waals surface area contributed by atoms with E-state index in [1.165, 1.54) is 6.07 Å². The van der Waals surface area contributed by atoms with Gasteiger partial charge in [0.1, 0.15) is 11.6 Å². The maximum absolute atomic E-state index is 14.4. The molecule has 6 heteroatoms. The van der Waals surface area contributed by atoms with Gasteiger partial charge in [-0.2, -0.15) is 0 Å². The quantitative estimate of drug-likeness (QED) is 0.362. The van der Waals surface area contributed by atoms with Crippen molar-refractivity contribution in [3.63, 3.8) is 0 Å². The molecule has 1 N–H and O–H groups in total. The number of hydrogen-bond acceptors (Lipinski definition) is 2. The highest BCUT2D eigenvalue weighted by atomic mass is 35.5. The van der Waals surface area contributed by atoms with Gasteiger partial charge in [-0.05, 0) is 48.7 Å². The number of fused-ring (bicyclic) bond motifs is 1. The summed E-state index contributed by atoms with van der Waals surface area (Å²) in [6, 6.07) is 20.4. The average Bonchev–Trinajstić information content (AvgIpc) is 3.13. The Bertz CT molecular complexity index is 1230. The molecule has 0 atom stereocenters. The Balaban J connectivity index is 1.43. The van der Waals surface area contributed by atoms with Crippen LogP contribution in [0.5, 0.6) is 0 Å². The van der Waals surface area contributed by atoms with E-state index < -0.39 is 0 Å².